The van der Waals surface area contributed by atoms with E-state index in [4.69, 9.17) is 9.68 Å². The Kier molecular flexibility index (Phi) is 5.00. The molecular formula is C14H16N2OS. The van der Waals surface area contributed by atoms with Crippen molar-refractivity contribution in [1.29, 1.82) is 5.26 Å². The summed E-state index contributed by atoms with van der Waals surface area (Å²) in [7, 11) is 0. The van der Waals surface area contributed by atoms with Crippen molar-refractivity contribution in [3.8, 4) is 6.07 Å². The molecule has 0 aliphatic rings. The number of unbranched alkanes of at least 4 members (excludes halogenated alkanes) is 1. The summed E-state index contributed by atoms with van der Waals surface area (Å²) in [6.45, 7) is 2.65. The topological polar surface area (TPSA) is 40.2 Å². The number of hydrogen-bond donors (Lipinski definition) is 0. The second kappa shape index (κ2) is 7.00. The van der Waals surface area contributed by atoms with Gasteiger partial charge in [-0.15, -0.1) is 11.3 Å². The van der Waals surface area contributed by atoms with E-state index in [2.05, 4.69) is 28.5 Å². The van der Waals surface area contributed by atoms with Gasteiger partial charge in [-0.25, -0.2) is 0 Å². The summed E-state index contributed by atoms with van der Waals surface area (Å²) in [5, 5.41) is 10.7. The third kappa shape index (κ3) is 4.02. The number of furan rings is 1. The molecule has 0 unspecified atom stereocenters. The largest absolute Gasteiger partial charge is 0.468 e. The Balaban J connectivity index is 1.91. The Morgan fingerprint density at radius 1 is 1.28 bits per heavy atom. The fourth-order valence-corrected chi connectivity index (χ4v) is 2.59. The Labute approximate surface area is 111 Å². The number of nitrogens with zero attached hydrogens (tertiary/aromatic N) is 2. The van der Waals surface area contributed by atoms with Crippen LogP contribution in [0, 0.1) is 11.3 Å². The predicted molar refractivity (Wildman–Crippen MR) is 72.0 cm³/mol. The van der Waals surface area contributed by atoms with E-state index in [1.54, 1.807) is 17.6 Å². The van der Waals surface area contributed by atoms with Gasteiger partial charge in [0.05, 0.1) is 18.9 Å². The lowest BCUT2D eigenvalue weighted by Gasteiger charge is -2.19. The fourth-order valence-electron chi connectivity index (χ4n) is 1.84. The molecule has 0 aliphatic carbocycles. The van der Waals surface area contributed by atoms with Crippen molar-refractivity contribution in [1.82, 2.24) is 4.90 Å². The normalized spacial score (nSPS) is 10.7. The van der Waals surface area contributed by atoms with Crippen LogP contribution in [0.15, 0.2) is 40.3 Å². The number of thiophene rings is 1. The van der Waals surface area contributed by atoms with Crippen LogP contribution in [0.25, 0.3) is 0 Å². The van der Waals surface area contributed by atoms with Gasteiger partial charge in [-0.2, -0.15) is 5.26 Å². The summed E-state index contributed by atoms with van der Waals surface area (Å²) in [5.74, 6) is 0.975. The molecule has 0 saturated heterocycles. The molecule has 0 spiro atoms. The summed E-state index contributed by atoms with van der Waals surface area (Å²) in [6, 6.07) is 10.3. The summed E-state index contributed by atoms with van der Waals surface area (Å²) in [5.41, 5.74) is 0. The van der Waals surface area contributed by atoms with Crippen molar-refractivity contribution in [2.45, 2.75) is 25.9 Å². The second-order valence-corrected chi connectivity index (χ2v) is 5.16. The summed E-state index contributed by atoms with van der Waals surface area (Å²) in [6.07, 6.45) is 3.22. The molecule has 0 fully saturated rings. The van der Waals surface area contributed by atoms with Crippen LogP contribution in [0.3, 0.4) is 0 Å². The van der Waals surface area contributed by atoms with Crippen molar-refractivity contribution in [3.63, 3.8) is 0 Å². The fraction of sp³-hybridized carbons (Fsp3) is 0.357. The summed E-state index contributed by atoms with van der Waals surface area (Å²) in [4.78, 5) is 3.67. The van der Waals surface area contributed by atoms with Crippen molar-refractivity contribution in [2.75, 3.05) is 6.54 Å². The maximum absolute atomic E-state index is 8.61. The molecule has 2 aromatic rings. The van der Waals surface area contributed by atoms with Gasteiger partial charge in [-0.1, -0.05) is 6.07 Å². The maximum atomic E-state index is 8.61. The van der Waals surface area contributed by atoms with Crippen LogP contribution in [0.4, 0.5) is 0 Å². The average Bonchev–Trinajstić information content (AvgIpc) is 3.02. The van der Waals surface area contributed by atoms with Crippen molar-refractivity contribution >= 4 is 11.3 Å². The number of rotatable bonds is 7. The molecule has 0 aromatic carbocycles. The Bertz CT molecular complexity index is 434. The van der Waals surface area contributed by atoms with Gasteiger partial charge in [0.15, 0.2) is 0 Å². The minimum absolute atomic E-state index is 0.610. The van der Waals surface area contributed by atoms with E-state index < -0.39 is 0 Å². The standard InChI is InChI=1S/C14H16N2OS/c15-7-1-2-8-16(11-13-5-3-9-17-13)12-14-6-4-10-18-14/h3-6,9-10H,1-2,8,11-12H2. The zero-order chi connectivity index (χ0) is 12.6. The molecule has 0 aliphatic heterocycles. The molecular weight excluding hydrogens is 244 g/mol. The van der Waals surface area contributed by atoms with Crippen molar-refractivity contribution in [2.24, 2.45) is 0 Å². The van der Waals surface area contributed by atoms with Crippen LogP contribution in [-0.4, -0.2) is 11.4 Å². The Hall–Kier alpha value is -1.57. The maximum Gasteiger partial charge on any atom is 0.117 e. The van der Waals surface area contributed by atoms with Gasteiger partial charge in [-0.05, 0) is 36.5 Å². The first kappa shape index (κ1) is 12.9. The van der Waals surface area contributed by atoms with E-state index in [0.717, 1.165) is 31.8 Å². The summed E-state index contributed by atoms with van der Waals surface area (Å²) >= 11 is 1.77. The molecule has 2 rings (SSSR count). The molecule has 2 aromatic heterocycles. The van der Waals surface area contributed by atoms with Crippen LogP contribution < -0.4 is 0 Å². The lowest BCUT2D eigenvalue weighted by Crippen LogP contribution is -2.23. The highest BCUT2D eigenvalue weighted by Gasteiger charge is 2.09. The smallest absolute Gasteiger partial charge is 0.117 e. The summed E-state index contributed by atoms with van der Waals surface area (Å²) < 4.78 is 5.39. The zero-order valence-corrected chi connectivity index (χ0v) is 11.0. The van der Waals surface area contributed by atoms with Gasteiger partial charge < -0.3 is 4.42 Å². The molecule has 3 nitrogen and oxygen atoms in total. The van der Waals surface area contributed by atoms with Crippen LogP contribution in [0.2, 0.25) is 0 Å². The predicted octanol–water partition coefficient (Wildman–Crippen LogP) is 3.65. The van der Waals surface area contributed by atoms with Crippen LogP contribution in [0.1, 0.15) is 23.5 Å². The molecule has 18 heavy (non-hydrogen) atoms. The first-order chi connectivity index (χ1) is 8.88. The molecule has 0 saturated carbocycles. The van der Waals surface area contributed by atoms with Crippen LogP contribution in [-0.2, 0) is 13.1 Å². The van der Waals surface area contributed by atoms with Gasteiger partial charge in [0.1, 0.15) is 5.76 Å². The SMILES string of the molecule is N#CCCCN(Cc1ccco1)Cc1cccs1. The third-order valence-electron chi connectivity index (χ3n) is 2.68. The van der Waals surface area contributed by atoms with Crippen molar-refractivity contribution < 1.29 is 4.42 Å². The van der Waals surface area contributed by atoms with Gasteiger partial charge in [-0.3, -0.25) is 4.90 Å². The van der Waals surface area contributed by atoms with Gasteiger partial charge in [0, 0.05) is 17.8 Å². The van der Waals surface area contributed by atoms with Gasteiger partial charge in [0.2, 0.25) is 0 Å². The van der Waals surface area contributed by atoms with E-state index in [9.17, 15) is 0 Å². The van der Waals surface area contributed by atoms with E-state index in [0.29, 0.717) is 6.42 Å². The minimum Gasteiger partial charge on any atom is -0.468 e. The quantitative estimate of drug-likeness (QED) is 0.713. The highest BCUT2D eigenvalue weighted by molar-refractivity contribution is 7.09. The van der Waals surface area contributed by atoms with Gasteiger partial charge >= 0.3 is 0 Å². The Morgan fingerprint density at radius 2 is 2.22 bits per heavy atom. The number of nitriles is 1. The molecule has 94 valence electrons. The molecule has 0 atom stereocenters. The van der Waals surface area contributed by atoms with E-state index in [1.807, 2.05) is 12.1 Å². The van der Waals surface area contributed by atoms with E-state index in [1.165, 1.54) is 4.88 Å². The first-order valence-corrected chi connectivity index (χ1v) is 6.90. The van der Waals surface area contributed by atoms with Crippen LogP contribution >= 0.6 is 11.3 Å². The molecule has 0 bridgehead atoms. The lowest BCUT2D eigenvalue weighted by atomic mass is 10.3. The van der Waals surface area contributed by atoms with Crippen LogP contribution in [0.5, 0.6) is 0 Å². The molecule has 4 heteroatoms. The second-order valence-electron chi connectivity index (χ2n) is 4.13. The van der Waals surface area contributed by atoms with Crippen molar-refractivity contribution in [3.05, 3.63) is 46.5 Å². The molecule has 2 heterocycles. The third-order valence-corrected chi connectivity index (χ3v) is 3.54. The van der Waals surface area contributed by atoms with E-state index in [-0.39, 0.29) is 0 Å². The Morgan fingerprint density at radius 3 is 2.89 bits per heavy atom. The lowest BCUT2D eigenvalue weighted by molar-refractivity contribution is 0.235. The zero-order valence-electron chi connectivity index (χ0n) is 10.2. The minimum atomic E-state index is 0.610. The van der Waals surface area contributed by atoms with E-state index >= 15 is 0 Å². The number of hydrogen-bond acceptors (Lipinski definition) is 4. The first-order valence-electron chi connectivity index (χ1n) is 6.02. The van der Waals surface area contributed by atoms with Gasteiger partial charge in [0.25, 0.3) is 0 Å². The highest BCUT2D eigenvalue weighted by Crippen LogP contribution is 2.15. The molecule has 0 N–H and O–H groups in total. The average molecular weight is 260 g/mol. The molecule has 0 amide bonds. The highest BCUT2D eigenvalue weighted by atomic mass is 32.1. The monoisotopic (exact) mass is 260 g/mol. The molecule has 0 radical (unpaired) electrons.